The van der Waals surface area contributed by atoms with E-state index in [9.17, 15) is 9.59 Å². The largest absolute Gasteiger partial charge is 0.269 e. The van der Waals surface area contributed by atoms with Crippen LogP contribution in [0.1, 0.15) is 32.0 Å². The first kappa shape index (κ1) is 13.5. The van der Waals surface area contributed by atoms with Gasteiger partial charge in [-0.1, -0.05) is 29.8 Å². The molecule has 1 aliphatic heterocycles. The molecule has 0 unspecified atom stereocenters. The fraction of sp³-hybridized carbons (Fsp3) is 0.0625. The van der Waals surface area contributed by atoms with Crippen molar-refractivity contribution in [2.24, 2.45) is 0 Å². The number of fused-ring (bicyclic) bond motifs is 1. The molecule has 0 saturated heterocycles. The maximum atomic E-state index is 12.3. The standard InChI is InChI=1S/C16H11ClN2O2/c17-8-7-11-4-3-9-18-14(11)10-19-15(20)12-5-1-2-6-13(12)16(19)21/h1-9H,10H2. The minimum Gasteiger partial charge on any atom is -0.269 e. The van der Waals surface area contributed by atoms with Gasteiger partial charge in [0.05, 0.1) is 23.4 Å². The van der Waals surface area contributed by atoms with Crippen molar-refractivity contribution in [2.45, 2.75) is 6.54 Å². The van der Waals surface area contributed by atoms with Gasteiger partial charge in [0.1, 0.15) is 0 Å². The Labute approximate surface area is 126 Å². The molecule has 4 nitrogen and oxygen atoms in total. The number of benzene rings is 1. The van der Waals surface area contributed by atoms with Gasteiger partial charge in [-0.3, -0.25) is 19.5 Å². The van der Waals surface area contributed by atoms with Gasteiger partial charge in [0.2, 0.25) is 0 Å². The first-order valence-corrected chi connectivity index (χ1v) is 6.82. The van der Waals surface area contributed by atoms with E-state index in [1.54, 1.807) is 42.6 Å². The van der Waals surface area contributed by atoms with Crippen molar-refractivity contribution in [2.75, 3.05) is 0 Å². The molecule has 3 rings (SSSR count). The average Bonchev–Trinajstić information content (AvgIpc) is 2.75. The molecule has 5 heteroatoms. The van der Waals surface area contributed by atoms with Crippen molar-refractivity contribution in [3.05, 3.63) is 70.5 Å². The lowest BCUT2D eigenvalue weighted by Gasteiger charge is -2.14. The molecular formula is C16H11ClN2O2. The van der Waals surface area contributed by atoms with Crippen LogP contribution < -0.4 is 0 Å². The summed E-state index contributed by atoms with van der Waals surface area (Å²) in [6.07, 6.45) is 3.31. The van der Waals surface area contributed by atoms with Crippen LogP contribution in [-0.4, -0.2) is 21.7 Å². The first-order chi connectivity index (χ1) is 10.2. The normalized spacial score (nSPS) is 14.0. The van der Waals surface area contributed by atoms with E-state index in [1.807, 2.05) is 6.07 Å². The maximum Gasteiger partial charge on any atom is 0.261 e. The molecule has 0 radical (unpaired) electrons. The highest BCUT2D eigenvalue weighted by molar-refractivity contribution is 6.27. The summed E-state index contributed by atoms with van der Waals surface area (Å²) < 4.78 is 0. The number of aromatic nitrogens is 1. The number of amides is 2. The molecule has 0 saturated carbocycles. The lowest BCUT2D eigenvalue weighted by atomic mass is 10.1. The van der Waals surface area contributed by atoms with Crippen LogP contribution in [0.3, 0.4) is 0 Å². The van der Waals surface area contributed by atoms with Crippen molar-refractivity contribution in [3.8, 4) is 0 Å². The van der Waals surface area contributed by atoms with E-state index in [0.29, 0.717) is 16.8 Å². The number of nitrogens with zero attached hydrogens (tertiary/aromatic N) is 2. The Morgan fingerprint density at radius 2 is 1.71 bits per heavy atom. The molecule has 0 bridgehead atoms. The third kappa shape index (κ3) is 2.34. The number of imide groups is 1. The highest BCUT2D eigenvalue weighted by atomic mass is 35.5. The van der Waals surface area contributed by atoms with Crippen molar-refractivity contribution >= 4 is 29.5 Å². The number of hydrogen-bond donors (Lipinski definition) is 0. The summed E-state index contributed by atoms with van der Waals surface area (Å²) in [6, 6.07) is 10.4. The molecule has 2 amide bonds. The fourth-order valence-electron chi connectivity index (χ4n) is 2.33. The molecule has 0 spiro atoms. The summed E-state index contributed by atoms with van der Waals surface area (Å²) in [5, 5.41) is 0. The van der Waals surface area contributed by atoms with E-state index in [-0.39, 0.29) is 18.4 Å². The number of hydrogen-bond acceptors (Lipinski definition) is 3. The first-order valence-electron chi connectivity index (χ1n) is 6.38. The van der Waals surface area contributed by atoms with Crippen molar-refractivity contribution in [1.82, 2.24) is 9.88 Å². The highest BCUT2D eigenvalue weighted by Crippen LogP contribution is 2.24. The number of pyridine rings is 1. The summed E-state index contributed by atoms with van der Waals surface area (Å²) in [4.78, 5) is 30.1. The smallest absolute Gasteiger partial charge is 0.261 e. The van der Waals surface area contributed by atoms with Crippen LogP contribution in [0.4, 0.5) is 0 Å². The Morgan fingerprint density at radius 1 is 1.05 bits per heavy atom. The Kier molecular flexibility index (Phi) is 3.54. The third-order valence-electron chi connectivity index (χ3n) is 3.35. The molecule has 0 atom stereocenters. The Morgan fingerprint density at radius 3 is 2.33 bits per heavy atom. The monoisotopic (exact) mass is 298 g/mol. The quantitative estimate of drug-likeness (QED) is 0.818. The van der Waals surface area contributed by atoms with Gasteiger partial charge in [0, 0.05) is 11.7 Å². The van der Waals surface area contributed by atoms with Crippen LogP contribution in [0.5, 0.6) is 0 Å². The molecule has 2 aromatic rings. The van der Waals surface area contributed by atoms with Gasteiger partial charge in [-0.25, -0.2) is 0 Å². The Bertz CT molecular complexity index is 720. The lowest BCUT2D eigenvalue weighted by Crippen LogP contribution is -2.29. The van der Waals surface area contributed by atoms with Gasteiger partial charge < -0.3 is 0 Å². The van der Waals surface area contributed by atoms with E-state index in [0.717, 1.165) is 5.56 Å². The van der Waals surface area contributed by atoms with Crippen LogP contribution in [0, 0.1) is 0 Å². The van der Waals surface area contributed by atoms with Crippen molar-refractivity contribution in [3.63, 3.8) is 0 Å². The molecule has 1 aromatic carbocycles. The molecule has 21 heavy (non-hydrogen) atoms. The highest BCUT2D eigenvalue weighted by Gasteiger charge is 2.35. The van der Waals surface area contributed by atoms with Gasteiger partial charge in [-0.15, -0.1) is 0 Å². The molecule has 0 aliphatic carbocycles. The van der Waals surface area contributed by atoms with Crippen LogP contribution in [0.2, 0.25) is 0 Å². The summed E-state index contributed by atoms with van der Waals surface area (Å²) in [7, 11) is 0. The second-order valence-corrected chi connectivity index (χ2v) is 4.83. The van der Waals surface area contributed by atoms with E-state index in [1.165, 1.54) is 10.4 Å². The predicted molar refractivity (Wildman–Crippen MR) is 79.8 cm³/mol. The third-order valence-corrected chi connectivity index (χ3v) is 3.48. The van der Waals surface area contributed by atoms with Crippen molar-refractivity contribution in [1.29, 1.82) is 0 Å². The van der Waals surface area contributed by atoms with E-state index < -0.39 is 0 Å². The zero-order chi connectivity index (χ0) is 14.8. The van der Waals surface area contributed by atoms with Crippen molar-refractivity contribution < 1.29 is 9.59 Å². The molecule has 104 valence electrons. The van der Waals surface area contributed by atoms with Gasteiger partial charge >= 0.3 is 0 Å². The number of rotatable bonds is 3. The number of carbonyl (C=O) groups excluding carboxylic acids is 2. The zero-order valence-electron chi connectivity index (χ0n) is 11.0. The second kappa shape index (κ2) is 5.50. The van der Waals surface area contributed by atoms with E-state index in [2.05, 4.69) is 4.98 Å². The van der Waals surface area contributed by atoms with Crippen LogP contribution >= 0.6 is 11.6 Å². The van der Waals surface area contributed by atoms with E-state index in [4.69, 9.17) is 11.6 Å². The van der Waals surface area contributed by atoms with Crippen LogP contribution in [0.15, 0.2) is 48.1 Å². The van der Waals surface area contributed by atoms with Gasteiger partial charge in [0.15, 0.2) is 0 Å². The van der Waals surface area contributed by atoms with E-state index >= 15 is 0 Å². The summed E-state index contributed by atoms with van der Waals surface area (Å²) in [6.45, 7) is 0.129. The predicted octanol–water partition coefficient (Wildman–Crippen LogP) is 3.09. The van der Waals surface area contributed by atoms with Gasteiger partial charge in [-0.05, 0) is 29.8 Å². The molecule has 1 aliphatic rings. The lowest BCUT2D eigenvalue weighted by molar-refractivity contribution is 0.0640. The van der Waals surface area contributed by atoms with Gasteiger partial charge in [0.25, 0.3) is 11.8 Å². The maximum absolute atomic E-state index is 12.3. The molecule has 0 fully saturated rings. The van der Waals surface area contributed by atoms with Crippen LogP contribution in [0.25, 0.3) is 6.08 Å². The topological polar surface area (TPSA) is 50.3 Å². The fourth-order valence-corrected chi connectivity index (χ4v) is 2.47. The molecule has 1 aromatic heterocycles. The number of carbonyl (C=O) groups is 2. The Balaban J connectivity index is 1.94. The SMILES string of the molecule is O=C1c2ccccc2C(=O)N1Cc1ncccc1C=CCl. The summed E-state index contributed by atoms with van der Waals surface area (Å²) in [5.41, 5.74) is 3.66. The van der Waals surface area contributed by atoms with Crippen LogP contribution in [-0.2, 0) is 6.54 Å². The minimum absolute atomic E-state index is 0.129. The second-order valence-electron chi connectivity index (χ2n) is 4.57. The molecule has 0 N–H and O–H groups in total. The summed E-state index contributed by atoms with van der Waals surface area (Å²) in [5.74, 6) is -0.580. The summed E-state index contributed by atoms with van der Waals surface area (Å²) >= 11 is 5.60. The zero-order valence-corrected chi connectivity index (χ0v) is 11.7. The average molecular weight is 299 g/mol. The molecule has 2 heterocycles. The molecular weight excluding hydrogens is 288 g/mol. The van der Waals surface area contributed by atoms with Gasteiger partial charge in [-0.2, -0.15) is 0 Å². The number of halogens is 1. The minimum atomic E-state index is -0.290. The Hall–Kier alpha value is -2.46.